The molecule has 0 amide bonds. The Morgan fingerprint density at radius 1 is 0.676 bits per heavy atom. The van der Waals surface area contributed by atoms with Gasteiger partial charge in [-0.1, -0.05) is 104 Å². The maximum atomic E-state index is 4.90. The Labute approximate surface area is 219 Å². The van der Waals surface area contributed by atoms with Gasteiger partial charge in [0.25, 0.3) is 0 Å². The van der Waals surface area contributed by atoms with Crippen molar-refractivity contribution in [2.24, 2.45) is 0 Å². The third-order valence-electron chi connectivity index (χ3n) is 6.50. The maximum Gasteiger partial charge on any atom is 0.164 e. The van der Waals surface area contributed by atoms with Crippen LogP contribution in [-0.4, -0.2) is 21.5 Å². The molecule has 0 aliphatic rings. The van der Waals surface area contributed by atoms with Gasteiger partial charge in [0.05, 0.1) is 0 Å². The zero-order valence-electron chi connectivity index (χ0n) is 21.3. The highest BCUT2D eigenvalue weighted by atomic mass is 15.1. The van der Waals surface area contributed by atoms with E-state index in [0.717, 1.165) is 28.9 Å². The van der Waals surface area contributed by atoms with E-state index in [9.17, 15) is 0 Å². The highest BCUT2D eigenvalue weighted by Crippen LogP contribution is 2.35. The van der Waals surface area contributed by atoms with Gasteiger partial charge in [-0.3, -0.25) is 0 Å². The number of allylic oxidation sites excluding steroid dienone is 1. The zero-order valence-corrected chi connectivity index (χ0v) is 21.3. The van der Waals surface area contributed by atoms with Crippen LogP contribution in [0.5, 0.6) is 0 Å². The van der Waals surface area contributed by atoms with Gasteiger partial charge in [-0.05, 0) is 30.7 Å². The number of anilines is 2. The molecule has 4 heteroatoms. The first-order chi connectivity index (χ1) is 18.2. The second-order valence-corrected chi connectivity index (χ2v) is 8.92. The number of para-hydroxylation sites is 1. The number of nitrogens with zero attached hydrogens (tertiary/aromatic N) is 4. The van der Waals surface area contributed by atoms with Crippen molar-refractivity contribution in [3.63, 3.8) is 0 Å². The van der Waals surface area contributed by atoms with Crippen LogP contribution in [0.15, 0.2) is 122 Å². The summed E-state index contributed by atoms with van der Waals surface area (Å²) in [4.78, 5) is 17.0. The number of hydrogen-bond acceptors (Lipinski definition) is 4. The summed E-state index contributed by atoms with van der Waals surface area (Å²) < 4.78 is 0. The molecular formula is C33H30N4. The second kappa shape index (κ2) is 11.0. The van der Waals surface area contributed by atoms with Crippen LogP contribution < -0.4 is 4.90 Å². The van der Waals surface area contributed by atoms with Crippen molar-refractivity contribution in [2.75, 3.05) is 11.4 Å². The lowest BCUT2D eigenvalue weighted by molar-refractivity contribution is 0.936. The van der Waals surface area contributed by atoms with Crippen molar-refractivity contribution in [1.29, 1.82) is 0 Å². The molecule has 0 N–H and O–H groups in total. The van der Waals surface area contributed by atoms with Crippen molar-refractivity contribution >= 4 is 11.4 Å². The monoisotopic (exact) mass is 482 g/mol. The molecule has 5 rings (SSSR count). The lowest BCUT2D eigenvalue weighted by atomic mass is 9.98. The number of aromatic nitrogens is 3. The average Bonchev–Trinajstić information content (AvgIpc) is 2.98. The van der Waals surface area contributed by atoms with Gasteiger partial charge in [0, 0.05) is 40.5 Å². The van der Waals surface area contributed by atoms with Gasteiger partial charge in [0.2, 0.25) is 0 Å². The van der Waals surface area contributed by atoms with Crippen molar-refractivity contribution in [3.05, 3.63) is 127 Å². The SMILES string of the molecule is C=CC(C)c1ccccc1N(CC)c1cccc(-c2nc(-c3ccccc3)nc(-c3ccccc3)n2)c1. The van der Waals surface area contributed by atoms with E-state index in [1.807, 2.05) is 66.7 Å². The molecule has 37 heavy (non-hydrogen) atoms. The van der Waals surface area contributed by atoms with Crippen molar-refractivity contribution in [3.8, 4) is 34.2 Å². The number of rotatable bonds is 8. The topological polar surface area (TPSA) is 41.9 Å². The fourth-order valence-electron chi connectivity index (χ4n) is 4.49. The molecule has 1 atom stereocenters. The molecule has 0 spiro atoms. The largest absolute Gasteiger partial charge is 0.342 e. The van der Waals surface area contributed by atoms with Gasteiger partial charge in [-0.15, -0.1) is 6.58 Å². The van der Waals surface area contributed by atoms with E-state index in [0.29, 0.717) is 17.5 Å². The predicted molar refractivity (Wildman–Crippen MR) is 154 cm³/mol. The van der Waals surface area contributed by atoms with Crippen LogP contribution in [0.1, 0.15) is 25.3 Å². The van der Waals surface area contributed by atoms with E-state index in [-0.39, 0.29) is 5.92 Å². The fourth-order valence-corrected chi connectivity index (χ4v) is 4.49. The molecule has 4 nitrogen and oxygen atoms in total. The summed E-state index contributed by atoms with van der Waals surface area (Å²) in [5.74, 6) is 2.22. The lowest BCUT2D eigenvalue weighted by Crippen LogP contribution is -2.18. The molecule has 0 saturated heterocycles. The van der Waals surface area contributed by atoms with Gasteiger partial charge in [0.15, 0.2) is 17.5 Å². The Morgan fingerprint density at radius 2 is 1.19 bits per heavy atom. The van der Waals surface area contributed by atoms with Crippen LogP contribution in [-0.2, 0) is 0 Å². The van der Waals surface area contributed by atoms with E-state index in [1.54, 1.807) is 0 Å². The second-order valence-electron chi connectivity index (χ2n) is 8.92. The minimum Gasteiger partial charge on any atom is -0.342 e. The van der Waals surface area contributed by atoms with Gasteiger partial charge >= 0.3 is 0 Å². The smallest absolute Gasteiger partial charge is 0.164 e. The van der Waals surface area contributed by atoms with Gasteiger partial charge in [0.1, 0.15) is 0 Å². The van der Waals surface area contributed by atoms with E-state index >= 15 is 0 Å². The first kappa shape index (κ1) is 24.1. The number of benzene rings is 4. The molecule has 1 heterocycles. The molecule has 0 aliphatic carbocycles. The highest BCUT2D eigenvalue weighted by molar-refractivity contribution is 5.73. The summed E-state index contributed by atoms with van der Waals surface area (Å²) in [6.07, 6.45) is 1.99. The van der Waals surface area contributed by atoms with Crippen molar-refractivity contribution in [2.45, 2.75) is 19.8 Å². The van der Waals surface area contributed by atoms with Crippen LogP contribution in [0.3, 0.4) is 0 Å². The average molecular weight is 483 g/mol. The zero-order chi connectivity index (χ0) is 25.6. The number of hydrogen-bond donors (Lipinski definition) is 0. The Balaban J connectivity index is 1.62. The summed E-state index contributed by atoms with van der Waals surface area (Å²) in [5.41, 5.74) is 6.39. The minimum absolute atomic E-state index is 0.249. The molecule has 182 valence electrons. The summed E-state index contributed by atoms with van der Waals surface area (Å²) >= 11 is 0. The summed E-state index contributed by atoms with van der Waals surface area (Å²) in [5, 5.41) is 0. The molecule has 0 fully saturated rings. The minimum atomic E-state index is 0.249. The molecule has 0 radical (unpaired) electrons. The molecular weight excluding hydrogens is 452 g/mol. The standard InChI is InChI=1S/C33H30N4/c1-4-24(3)29-21-12-13-22-30(29)37(5-2)28-20-14-19-27(23-28)33-35-31(25-15-8-6-9-16-25)34-32(36-33)26-17-10-7-11-18-26/h4,6-24H,1,5H2,2-3H3. The molecule has 0 bridgehead atoms. The molecule has 0 aliphatic heterocycles. The van der Waals surface area contributed by atoms with Crippen molar-refractivity contribution < 1.29 is 0 Å². The normalized spacial score (nSPS) is 11.6. The summed E-state index contributed by atoms with van der Waals surface area (Å²) in [6, 6.07) is 37.1. The van der Waals surface area contributed by atoms with Crippen LogP contribution >= 0.6 is 0 Å². The van der Waals surface area contributed by atoms with E-state index < -0.39 is 0 Å². The highest BCUT2D eigenvalue weighted by Gasteiger charge is 2.17. The van der Waals surface area contributed by atoms with E-state index in [4.69, 9.17) is 15.0 Å². The Morgan fingerprint density at radius 3 is 1.76 bits per heavy atom. The van der Waals surface area contributed by atoms with E-state index in [2.05, 4.69) is 73.9 Å². The van der Waals surface area contributed by atoms with Crippen LogP contribution in [0.25, 0.3) is 34.2 Å². The predicted octanol–water partition coefficient (Wildman–Crippen LogP) is 8.32. The van der Waals surface area contributed by atoms with Gasteiger partial charge in [-0.25, -0.2) is 15.0 Å². The van der Waals surface area contributed by atoms with Crippen molar-refractivity contribution in [1.82, 2.24) is 15.0 Å². The quantitative estimate of drug-likeness (QED) is 0.209. The fraction of sp³-hybridized carbons (Fsp3) is 0.121. The van der Waals surface area contributed by atoms with E-state index in [1.165, 1.54) is 11.3 Å². The Hall–Kier alpha value is -4.57. The summed E-state index contributed by atoms with van der Waals surface area (Å²) in [6.45, 7) is 9.19. The molecule has 4 aromatic carbocycles. The van der Waals surface area contributed by atoms with Gasteiger partial charge in [-0.2, -0.15) is 0 Å². The molecule has 1 unspecified atom stereocenters. The molecule has 5 aromatic rings. The third kappa shape index (κ3) is 5.19. The Kier molecular flexibility index (Phi) is 7.18. The van der Waals surface area contributed by atoms with Crippen LogP contribution in [0, 0.1) is 0 Å². The molecule has 1 aromatic heterocycles. The summed E-state index contributed by atoms with van der Waals surface area (Å²) in [7, 11) is 0. The Bertz CT molecular complexity index is 1440. The first-order valence-electron chi connectivity index (χ1n) is 12.6. The maximum absolute atomic E-state index is 4.90. The molecule has 0 saturated carbocycles. The van der Waals surface area contributed by atoms with Crippen LogP contribution in [0.4, 0.5) is 11.4 Å². The van der Waals surface area contributed by atoms with Crippen LogP contribution in [0.2, 0.25) is 0 Å². The third-order valence-corrected chi connectivity index (χ3v) is 6.50. The lowest BCUT2D eigenvalue weighted by Gasteiger charge is -2.27. The first-order valence-corrected chi connectivity index (χ1v) is 12.6. The van der Waals surface area contributed by atoms with Gasteiger partial charge < -0.3 is 4.90 Å².